The second-order valence-corrected chi connectivity index (χ2v) is 4.89. The molecule has 88 valence electrons. The number of rotatable bonds is 6. The van der Waals surface area contributed by atoms with Crippen LogP contribution in [0.5, 0.6) is 0 Å². The summed E-state index contributed by atoms with van der Waals surface area (Å²) in [6.45, 7) is 2.01. The SMILES string of the molecule is CCCC(=O)CC(O)CC1CCCCC1. The van der Waals surface area contributed by atoms with Crippen LogP contribution in [0.2, 0.25) is 0 Å². The van der Waals surface area contributed by atoms with Crippen molar-refractivity contribution in [2.24, 2.45) is 5.92 Å². The highest BCUT2D eigenvalue weighted by molar-refractivity contribution is 5.78. The molecule has 1 aliphatic rings. The summed E-state index contributed by atoms with van der Waals surface area (Å²) in [7, 11) is 0. The van der Waals surface area contributed by atoms with Crippen molar-refractivity contribution in [2.45, 2.75) is 70.8 Å². The lowest BCUT2D eigenvalue weighted by Gasteiger charge is -2.23. The van der Waals surface area contributed by atoms with Gasteiger partial charge < -0.3 is 5.11 Å². The molecule has 1 unspecified atom stereocenters. The zero-order chi connectivity index (χ0) is 11.1. The molecule has 0 saturated heterocycles. The Balaban J connectivity index is 2.16. The van der Waals surface area contributed by atoms with Crippen LogP contribution in [0.4, 0.5) is 0 Å². The fourth-order valence-electron chi connectivity index (χ4n) is 2.53. The number of carbonyl (C=O) groups excluding carboxylic acids is 1. The van der Waals surface area contributed by atoms with Gasteiger partial charge in [0.1, 0.15) is 5.78 Å². The van der Waals surface area contributed by atoms with Crippen molar-refractivity contribution < 1.29 is 9.90 Å². The molecule has 0 aromatic carbocycles. The standard InChI is InChI=1S/C13H24O2/c1-2-6-12(14)10-13(15)9-11-7-4-3-5-8-11/h11,13,15H,2-10H2,1H3. The number of aliphatic hydroxyl groups is 1. The Labute approximate surface area is 93.1 Å². The van der Waals surface area contributed by atoms with Crippen molar-refractivity contribution in [2.75, 3.05) is 0 Å². The van der Waals surface area contributed by atoms with Crippen LogP contribution in [-0.4, -0.2) is 17.0 Å². The predicted molar refractivity (Wildman–Crippen MR) is 61.7 cm³/mol. The average Bonchev–Trinajstić information content (AvgIpc) is 2.19. The Morgan fingerprint density at radius 3 is 2.60 bits per heavy atom. The molecule has 1 atom stereocenters. The van der Waals surface area contributed by atoms with Gasteiger partial charge in [-0.25, -0.2) is 0 Å². The lowest BCUT2D eigenvalue weighted by molar-refractivity contribution is -0.121. The lowest BCUT2D eigenvalue weighted by Crippen LogP contribution is -2.19. The third kappa shape index (κ3) is 5.31. The summed E-state index contributed by atoms with van der Waals surface area (Å²) in [5, 5.41) is 9.78. The number of ketones is 1. The van der Waals surface area contributed by atoms with Gasteiger partial charge in [-0.3, -0.25) is 4.79 Å². The maximum absolute atomic E-state index is 11.3. The van der Waals surface area contributed by atoms with E-state index < -0.39 is 0 Å². The van der Waals surface area contributed by atoms with Gasteiger partial charge in [-0.2, -0.15) is 0 Å². The van der Waals surface area contributed by atoms with Crippen LogP contribution in [0.3, 0.4) is 0 Å². The van der Waals surface area contributed by atoms with E-state index in [1.54, 1.807) is 0 Å². The van der Waals surface area contributed by atoms with Crippen LogP contribution < -0.4 is 0 Å². The molecule has 15 heavy (non-hydrogen) atoms. The second kappa shape index (κ2) is 7.00. The van der Waals surface area contributed by atoms with E-state index >= 15 is 0 Å². The first kappa shape index (κ1) is 12.7. The Morgan fingerprint density at radius 2 is 2.00 bits per heavy atom. The molecule has 1 N–H and O–H groups in total. The third-order valence-electron chi connectivity index (χ3n) is 3.32. The molecular weight excluding hydrogens is 188 g/mol. The molecule has 1 aliphatic carbocycles. The smallest absolute Gasteiger partial charge is 0.135 e. The summed E-state index contributed by atoms with van der Waals surface area (Å²) in [6.07, 6.45) is 8.82. The molecule has 0 spiro atoms. The molecule has 0 amide bonds. The topological polar surface area (TPSA) is 37.3 Å². The summed E-state index contributed by atoms with van der Waals surface area (Å²) >= 11 is 0. The number of aliphatic hydroxyl groups excluding tert-OH is 1. The summed E-state index contributed by atoms with van der Waals surface area (Å²) < 4.78 is 0. The minimum atomic E-state index is -0.382. The Morgan fingerprint density at radius 1 is 1.33 bits per heavy atom. The highest BCUT2D eigenvalue weighted by Crippen LogP contribution is 2.27. The zero-order valence-electron chi connectivity index (χ0n) is 9.87. The van der Waals surface area contributed by atoms with E-state index in [1.165, 1.54) is 32.1 Å². The van der Waals surface area contributed by atoms with Crippen molar-refractivity contribution in [3.05, 3.63) is 0 Å². The van der Waals surface area contributed by atoms with Gasteiger partial charge in [0, 0.05) is 12.8 Å². The molecule has 0 radical (unpaired) electrons. The molecule has 1 rings (SSSR count). The van der Waals surface area contributed by atoms with Gasteiger partial charge in [0.05, 0.1) is 6.10 Å². The fraction of sp³-hybridized carbons (Fsp3) is 0.923. The Bertz CT molecular complexity index is 183. The van der Waals surface area contributed by atoms with Crippen molar-refractivity contribution in [1.82, 2.24) is 0 Å². The molecule has 2 nitrogen and oxygen atoms in total. The van der Waals surface area contributed by atoms with E-state index in [9.17, 15) is 9.90 Å². The number of carbonyl (C=O) groups is 1. The summed E-state index contributed by atoms with van der Waals surface area (Å²) in [5.74, 6) is 0.893. The van der Waals surface area contributed by atoms with Crippen LogP contribution >= 0.6 is 0 Å². The first-order valence-corrected chi connectivity index (χ1v) is 6.42. The van der Waals surface area contributed by atoms with Gasteiger partial charge in [0.25, 0.3) is 0 Å². The number of hydrogen-bond donors (Lipinski definition) is 1. The third-order valence-corrected chi connectivity index (χ3v) is 3.32. The van der Waals surface area contributed by atoms with Crippen LogP contribution in [0.15, 0.2) is 0 Å². The van der Waals surface area contributed by atoms with E-state index in [4.69, 9.17) is 0 Å². The zero-order valence-corrected chi connectivity index (χ0v) is 9.87. The molecular formula is C13H24O2. The molecule has 0 aromatic heterocycles. The van der Waals surface area contributed by atoms with Crippen LogP contribution in [0.1, 0.15) is 64.7 Å². The quantitative estimate of drug-likeness (QED) is 0.734. The van der Waals surface area contributed by atoms with Crippen LogP contribution in [-0.2, 0) is 4.79 Å². The van der Waals surface area contributed by atoms with Crippen molar-refractivity contribution in [1.29, 1.82) is 0 Å². The van der Waals surface area contributed by atoms with Gasteiger partial charge in [-0.05, 0) is 18.8 Å². The maximum atomic E-state index is 11.3. The highest BCUT2D eigenvalue weighted by Gasteiger charge is 2.18. The van der Waals surface area contributed by atoms with Gasteiger partial charge in [0.2, 0.25) is 0 Å². The molecule has 0 bridgehead atoms. The first-order chi connectivity index (χ1) is 7.22. The lowest BCUT2D eigenvalue weighted by atomic mass is 9.84. The van der Waals surface area contributed by atoms with E-state index in [-0.39, 0.29) is 11.9 Å². The van der Waals surface area contributed by atoms with E-state index in [2.05, 4.69) is 0 Å². The molecule has 0 heterocycles. The fourth-order valence-corrected chi connectivity index (χ4v) is 2.53. The minimum Gasteiger partial charge on any atom is -0.393 e. The van der Waals surface area contributed by atoms with Gasteiger partial charge in [-0.1, -0.05) is 39.0 Å². The monoisotopic (exact) mass is 212 g/mol. The summed E-state index contributed by atoms with van der Waals surface area (Å²) in [5.41, 5.74) is 0. The van der Waals surface area contributed by atoms with Gasteiger partial charge >= 0.3 is 0 Å². The molecule has 0 aromatic rings. The largest absolute Gasteiger partial charge is 0.393 e. The molecule has 1 saturated carbocycles. The number of hydrogen-bond acceptors (Lipinski definition) is 2. The summed E-state index contributed by atoms with van der Waals surface area (Å²) in [4.78, 5) is 11.3. The van der Waals surface area contributed by atoms with E-state index in [0.717, 1.165) is 12.8 Å². The average molecular weight is 212 g/mol. The molecule has 2 heteroatoms. The first-order valence-electron chi connectivity index (χ1n) is 6.42. The Kier molecular flexibility index (Phi) is 5.92. The Hall–Kier alpha value is -0.370. The van der Waals surface area contributed by atoms with Crippen molar-refractivity contribution in [3.8, 4) is 0 Å². The molecule has 1 fully saturated rings. The van der Waals surface area contributed by atoms with Crippen molar-refractivity contribution in [3.63, 3.8) is 0 Å². The van der Waals surface area contributed by atoms with Crippen LogP contribution in [0, 0.1) is 5.92 Å². The molecule has 0 aliphatic heterocycles. The maximum Gasteiger partial charge on any atom is 0.135 e. The van der Waals surface area contributed by atoms with E-state index in [1.807, 2.05) is 6.92 Å². The minimum absolute atomic E-state index is 0.223. The van der Waals surface area contributed by atoms with Crippen LogP contribution in [0.25, 0.3) is 0 Å². The highest BCUT2D eigenvalue weighted by atomic mass is 16.3. The van der Waals surface area contributed by atoms with Gasteiger partial charge in [-0.15, -0.1) is 0 Å². The predicted octanol–water partition coefficient (Wildman–Crippen LogP) is 3.08. The van der Waals surface area contributed by atoms with Gasteiger partial charge in [0.15, 0.2) is 0 Å². The number of Topliss-reactive ketones (excluding diaryl/α,β-unsaturated/α-hetero) is 1. The van der Waals surface area contributed by atoms with Crippen molar-refractivity contribution >= 4 is 5.78 Å². The summed E-state index contributed by atoms with van der Waals surface area (Å²) in [6, 6.07) is 0. The second-order valence-electron chi connectivity index (χ2n) is 4.89. The normalized spacial score (nSPS) is 20.1. The van der Waals surface area contributed by atoms with E-state index in [0.29, 0.717) is 18.8 Å².